The fourth-order valence-corrected chi connectivity index (χ4v) is 5.06. The van der Waals surface area contributed by atoms with Gasteiger partial charge in [0.15, 0.2) is 11.6 Å². The molecule has 2 N–H and O–H groups in total. The number of rotatable bonds is 6. The number of carbonyl (C=O) groups is 1. The van der Waals surface area contributed by atoms with E-state index in [0.717, 1.165) is 24.0 Å². The maximum atomic E-state index is 14.1. The summed E-state index contributed by atoms with van der Waals surface area (Å²) in [7, 11) is 0. The summed E-state index contributed by atoms with van der Waals surface area (Å²) in [6.45, 7) is 6.36. The summed E-state index contributed by atoms with van der Waals surface area (Å²) in [6.07, 6.45) is 0.619. The summed E-state index contributed by atoms with van der Waals surface area (Å²) in [5.41, 5.74) is 1.14. The Balaban J connectivity index is 1.60. The lowest BCUT2D eigenvalue weighted by atomic mass is 9.79. The molecule has 1 aliphatic carbocycles. The summed E-state index contributed by atoms with van der Waals surface area (Å²) in [4.78, 5) is 25.7. The summed E-state index contributed by atoms with van der Waals surface area (Å²) < 4.78 is 28.1. The molecule has 1 saturated carbocycles. The minimum atomic E-state index is -2.72. The van der Waals surface area contributed by atoms with E-state index in [1.807, 2.05) is 24.3 Å². The van der Waals surface area contributed by atoms with Gasteiger partial charge in [0.05, 0.1) is 5.02 Å². The third-order valence-corrected chi connectivity index (χ3v) is 7.53. The van der Waals surface area contributed by atoms with Crippen LogP contribution in [0.5, 0.6) is 6.01 Å². The fraction of sp³-hybridized carbons (Fsp3) is 0.448. The van der Waals surface area contributed by atoms with Gasteiger partial charge >= 0.3 is 6.01 Å². The second-order valence-corrected chi connectivity index (χ2v) is 11.4. The van der Waals surface area contributed by atoms with Gasteiger partial charge in [-0.3, -0.25) is 4.79 Å². The first-order chi connectivity index (χ1) is 18.0. The normalized spacial score (nSPS) is 15.8. The monoisotopic (exact) mass is 542 g/mol. The van der Waals surface area contributed by atoms with Crippen LogP contribution in [0.2, 0.25) is 5.02 Å². The van der Waals surface area contributed by atoms with E-state index >= 15 is 0 Å². The zero-order valence-corrected chi connectivity index (χ0v) is 22.7. The van der Waals surface area contributed by atoms with Crippen molar-refractivity contribution in [2.75, 3.05) is 0 Å². The number of hydrogen-bond donors (Lipinski definition) is 2. The van der Waals surface area contributed by atoms with Crippen LogP contribution in [0.15, 0.2) is 42.5 Å². The molecule has 1 amide bonds. The van der Waals surface area contributed by atoms with Gasteiger partial charge in [0.2, 0.25) is 5.91 Å². The zero-order chi connectivity index (χ0) is 27.5. The average Bonchev–Trinajstić information content (AvgIpc) is 3.14. The molecule has 0 bridgehead atoms. The van der Waals surface area contributed by atoms with Crippen LogP contribution >= 0.6 is 11.6 Å². The van der Waals surface area contributed by atoms with Crippen LogP contribution < -0.4 is 5.32 Å². The number of benzene rings is 2. The van der Waals surface area contributed by atoms with E-state index in [-0.39, 0.29) is 30.6 Å². The van der Waals surface area contributed by atoms with Crippen LogP contribution in [-0.4, -0.2) is 32.4 Å². The third kappa shape index (κ3) is 6.12. The van der Waals surface area contributed by atoms with Gasteiger partial charge in [0.25, 0.3) is 6.43 Å². The Morgan fingerprint density at radius 1 is 1.03 bits per heavy atom. The van der Waals surface area contributed by atoms with Crippen molar-refractivity contribution in [1.82, 2.24) is 20.3 Å². The molecule has 1 aromatic heterocycles. The first-order valence-electron chi connectivity index (χ1n) is 12.9. The molecule has 0 atom stereocenters. The highest BCUT2D eigenvalue weighted by atomic mass is 35.5. The number of aromatic nitrogens is 3. The van der Waals surface area contributed by atoms with Crippen LogP contribution in [0.3, 0.4) is 0 Å². The predicted molar refractivity (Wildman–Crippen MR) is 144 cm³/mol. The first-order valence-corrected chi connectivity index (χ1v) is 13.3. The van der Waals surface area contributed by atoms with Crippen LogP contribution in [0.4, 0.5) is 8.78 Å². The molecule has 202 valence electrons. The van der Waals surface area contributed by atoms with E-state index in [0.29, 0.717) is 34.8 Å². The van der Waals surface area contributed by atoms with Crippen molar-refractivity contribution >= 4 is 17.5 Å². The van der Waals surface area contributed by atoms with Crippen LogP contribution in [0.1, 0.15) is 70.4 Å². The van der Waals surface area contributed by atoms with Crippen molar-refractivity contribution < 1.29 is 18.7 Å². The van der Waals surface area contributed by atoms with Gasteiger partial charge in [0, 0.05) is 17.7 Å². The van der Waals surface area contributed by atoms with Gasteiger partial charge in [-0.15, -0.1) is 0 Å². The zero-order valence-electron chi connectivity index (χ0n) is 21.9. The number of alkyl halides is 2. The van der Waals surface area contributed by atoms with E-state index in [1.54, 1.807) is 18.2 Å². The van der Waals surface area contributed by atoms with Gasteiger partial charge in [-0.25, -0.2) is 13.8 Å². The molecular weight excluding hydrogens is 510 g/mol. The topological polar surface area (TPSA) is 88.0 Å². The molecule has 0 radical (unpaired) electrons. The molecule has 1 aliphatic rings. The molecule has 9 heteroatoms. The molecule has 6 nitrogen and oxygen atoms in total. The highest BCUT2D eigenvalue weighted by Gasteiger charge is 2.46. The van der Waals surface area contributed by atoms with Crippen LogP contribution in [0, 0.1) is 5.41 Å². The van der Waals surface area contributed by atoms with Gasteiger partial charge in [-0.05, 0) is 47.6 Å². The molecule has 0 saturated heterocycles. The number of nitrogens with zero attached hydrogens (tertiary/aromatic N) is 3. The van der Waals surface area contributed by atoms with E-state index < -0.39 is 23.8 Å². The van der Waals surface area contributed by atoms with Crippen molar-refractivity contribution in [3.8, 4) is 28.8 Å². The lowest BCUT2D eigenvalue weighted by Crippen LogP contribution is -2.45. The summed E-state index contributed by atoms with van der Waals surface area (Å²) in [6, 6.07) is 12.3. The molecule has 38 heavy (non-hydrogen) atoms. The van der Waals surface area contributed by atoms with E-state index in [2.05, 4.69) is 41.0 Å². The number of amides is 1. The molecule has 1 heterocycles. The maximum Gasteiger partial charge on any atom is 0.318 e. The Hall–Kier alpha value is -3.13. The van der Waals surface area contributed by atoms with Gasteiger partial charge < -0.3 is 10.4 Å². The van der Waals surface area contributed by atoms with Crippen molar-refractivity contribution in [2.45, 2.75) is 77.7 Å². The van der Waals surface area contributed by atoms with Crippen molar-refractivity contribution in [3.05, 3.63) is 58.6 Å². The molecular formula is C29H33ClF2N4O2. The number of nitrogens with one attached hydrogen (secondary N) is 1. The minimum absolute atomic E-state index is 0.0506. The van der Waals surface area contributed by atoms with Crippen LogP contribution in [0.25, 0.3) is 22.8 Å². The Morgan fingerprint density at radius 2 is 1.71 bits per heavy atom. The minimum Gasteiger partial charge on any atom is -0.479 e. The second kappa shape index (κ2) is 11.3. The summed E-state index contributed by atoms with van der Waals surface area (Å²) in [5.74, 6) is -0.162. The molecule has 0 aliphatic heterocycles. The Bertz CT molecular complexity index is 1300. The number of carbonyl (C=O) groups excluding carboxylic acids is 1. The fourth-order valence-electron chi connectivity index (χ4n) is 4.86. The van der Waals surface area contributed by atoms with E-state index in [9.17, 15) is 18.7 Å². The van der Waals surface area contributed by atoms with Gasteiger partial charge in [-0.2, -0.15) is 9.97 Å². The van der Waals surface area contributed by atoms with Crippen molar-refractivity contribution in [3.63, 3.8) is 0 Å². The molecule has 1 fully saturated rings. The second-order valence-electron chi connectivity index (χ2n) is 11.0. The van der Waals surface area contributed by atoms with Gasteiger partial charge in [0.1, 0.15) is 5.41 Å². The smallest absolute Gasteiger partial charge is 0.318 e. The highest BCUT2D eigenvalue weighted by molar-refractivity contribution is 6.33. The van der Waals surface area contributed by atoms with E-state index in [1.165, 1.54) is 0 Å². The predicted octanol–water partition coefficient (Wildman–Crippen LogP) is 7.08. The molecule has 0 spiro atoms. The molecule has 3 aromatic rings. The average molecular weight is 543 g/mol. The molecule has 4 rings (SSSR count). The summed E-state index contributed by atoms with van der Waals surface area (Å²) >= 11 is 6.46. The van der Waals surface area contributed by atoms with Crippen molar-refractivity contribution in [2.24, 2.45) is 5.41 Å². The number of hydrogen-bond acceptors (Lipinski definition) is 5. The molecule has 2 aromatic carbocycles. The molecule has 0 unspecified atom stereocenters. The van der Waals surface area contributed by atoms with Gasteiger partial charge in [-0.1, -0.05) is 82.3 Å². The Kier molecular flexibility index (Phi) is 8.31. The quantitative estimate of drug-likeness (QED) is 0.325. The first kappa shape index (κ1) is 27.9. The van der Waals surface area contributed by atoms with E-state index in [4.69, 9.17) is 11.6 Å². The van der Waals surface area contributed by atoms with Crippen LogP contribution in [-0.2, 0) is 16.8 Å². The maximum absolute atomic E-state index is 14.1. The lowest BCUT2D eigenvalue weighted by Gasteiger charge is -2.30. The largest absolute Gasteiger partial charge is 0.479 e. The number of halogens is 3. The SMILES string of the molecule is CC(C)(C)c1cccc(-c2nc(O)nc(-c3cc(CNC(=O)C4(C(F)F)CCCCCC4)ccc3Cl)n2)c1. The third-order valence-electron chi connectivity index (χ3n) is 7.20. The standard InChI is InChI=1S/C29H33ClF2N4O2/c1-28(2,3)20-10-8-9-19(16-20)23-34-24(36-27(38)35-23)21-15-18(11-12-22(21)30)17-33-26(37)29(25(31)32)13-6-4-5-7-14-29/h8-12,15-16,25H,4-7,13-14,17H2,1-3H3,(H,33,37)(H,34,35,36,38). The number of aromatic hydroxyl groups is 1. The summed E-state index contributed by atoms with van der Waals surface area (Å²) in [5, 5.41) is 13.4. The van der Waals surface area contributed by atoms with Crippen molar-refractivity contribution in [1.29, 1.82) is 0 Å². The highest BCUT2D eigenvalue weighted by Crippen LogP contribution is 2.41. The Morgan fingerprint density at radius 3 is 2.37 bits per heavy atom. The lowest BCUT2D eigenvalue weighted by molar-refractivity contribution is -0.142. The Labute approximate surface area is 226 Å².